The molecule has 2 rings (SSSR count). The smallest absolute Gasteiger partial charge is 0.268 e. The Labute approximate surface area is 129 Å². The number of carbonyl (C=O) groups excluding carboxylic acids is 1. The first-order chi connectivity index (χ1) is 9.86. The summed E-state index contributed by atoms with van der Waals surface area (Å²) < 4.78 is 5.65. The molecule has 1 fully saturated rings. The second kappa shape index (κ2) is 6.62. The molecule has 118 valence electrons. The summed E-state index contributed by atoms with van der Waals surface area (Å²) in [7, 11) is 0. The summed E-state index contributed by atoms with van der Waals surface area (Å²) in [4.78, 5) is 19.2. The molecule has 7 heteroatoms. The molecule has 0 aromatic carbocycles. The van der Waals surface area contributed by atoms with Crippen LogP contribution in [-0.2, 0) is 4.74 Å². The van der Waals surface area contributed by atoms with Crippen molar-refractivity contribution in [1.82, 2.24) is 9.88 Å². The van der Waals surface area contributed by atoms with Gasteiger partial charge < -0.3 is 20.7 Å². The summed E-state index contributed by atoms with van der Waals surface area (Å²) in [6.45, 7) is 10.2. The molecule has 2 heterocycles. The van der Waals surface area contributed by atoms with Crippen molar-refractivity contribution in [3.05, 3.63) is 4.88 Å². The number of thiazole rings is 1. The number of nitrogen functional groups attached to an aromatic ring is 1. The zero-order chi connectivity index (χ0) is 15.6. The number of ether oxygens (including phenoxy) is 1. The third-order valence-corrected chi connectivity index (χ3v) is 4.23. The fourth-order valence-corrected chi connectivity index (χ4v) is 3.20. The van der Waals surface area contributed by atoms with Crippen LogP contribution in [0.3, 0.4) is 0 Å². The summed E-state index contributed by atoms with van der Waals surface area (Å²) in [5.41, 5.74) is 5.91. The highest BCUT2D eigenvalue weighted by Crippen LogP contribution is 2.27. The summed E-state index contributed by atoms with van der Waals surface area (Å²) in [5, 5.41) is 3.92. The van der Waals surface area contributed by atoms with Crippen molar-refractivity contribution >= 4 is 28.2 Å². The van der Waals surface area contributed by atoms with Gasteiger partial charge in [-0.3, -0.25) is 4.79 Å². The molecule has 1 saturated heterocycles. The largest absolute Gasteiger partial charge is 0.382 e. The highest BCUT2D eigenvalue weighted by Gasteiger charge is 2.29. The number of anilines is 2. The number of carbonyl (C=O) groups is 1. The van der Waals surface area contributed by atoms with Gasteiger partial charge in [0, 0.05) is 19.6 Å². The molecule has 1 aliphatic heterocycles. The SMILES string of the molecule is CC(C)CNc1nc(N)c(C(=O)N2C[C@@H](C)O[C@@H](C)C2)s1. The van der Waals surface area contributed by atoms with E-state index >= 15 is 0 Å². The fourth-order valence-electron chi connectivity index (χ4n) is 2.34. The molecular weight excluding hydrogens is 288 g/mol. The van der Waals surface area contributed by atoms with Crippen LogP contribution in [-0.4, -0.2) is 47.6 Å². The van der Waals surface area contributed by atoms with Crippen LogP contribution < -0.4 is 11.1 Å². The lowest BCUT2D eigenvalue weighted by molar-refractivity contribution is -0.0584. The molecule has 1 amide bonds. The van der Waals surface area contributed by atoms with Gasteiger partial charge in [0.05, 0.1) is 12.2 Å². The number of hydrogen-bond acceptors (Lipinski definition) is 6. The van der Waals surface area contributed by atoms with Crippen molar-refractivity contribution in [2.75, 3.05) is 30.7 Å². The average Bonchev–Trinajstić information content (AvgIpc) is 2.75. The van der Waals surface area contributed by atoms with Gasteiger partial charge in [-0.05, 0) is 19.8 Å². The number of morpholine rings is 1. The molecule has 2 atom stereocenters. The summed E-state index contributed by atoms with van der Waals surface area (Å²) in [6, 6.07) is 0. The van der Waals surface area contributed by atoms with Gasteiger partial charge in [0.1, 0.15) is 10.7 Å². The molecule has 3 N–H and O–H groups in total. The van der Waals surface area contributed by atoms with Crippen molar-refractivity contribution in [3.63, 3.8) is 0 Å². The third-order valence-electron chi connectivity index (χ3n) is 3.22. The van der Waals surface area contributed by atoms with Crippen LogP contribution in [0, 0.1) is 5.92 Å². The van der Waals surface area contributed by atoms with Gasteiger partial charge in [-0.25, -0.2) is 4.98 Å². The normalized spacial score (nSPS) is 22.6. The summed E-state index contributed by atoms with van der Waals surface area (Å²) in [5.74, 6) is 0.767. The molecule has 1 aromatic rings. The van der Waals surface area contributed by atoms with E-state index in [1.807, 2.05) is 13.8 Å². The van der Waals surface area contributed by atoms with Crippen molar-refractivity contribution < 1.29 is 9.53 Å². The van der Waals surface area contributed by atoms with Gasteiger partial charge in [0.15, 0.2) is 5.13 Å². The van der Waals surface area contributed by atoms with Crippen LogP contribution in [0.25, 0.3) is 0 Å². The first-order valence-corrected chi connectivity index (χ1v) is 8.13. The maximum Gasteiger partial charge on any atom is 0.268 e. The van der Waals surface area contributed by atoms with Crippen LogP contribution >= 0.6 is 11.3 Å². The molecule has 6 nitrogen and oxygen atoms in total. The molecule has 21 heavy (non-hydrogen) atoms. The minimum absolute atomic E-state index is 0.0467. The number of nitrogens with zero attached hydrogens (tertiary/aromatic N) is 2. The van der Waals surface area contributed by atoms with Gasteiger partial charge in [-0.15, -0.1) is 0 Å². The van der Waals surface area contributed by atoms with E-state index in [0.717, 1.165) is 6.54 Å². The molecular formula is C14H24N4O2S. The highest BCUT2D eigenvalue weighted by molar-refractivity contribution is 7.18. The highest BCUT2D eigenvalue weighted by atomic mass is 32.1. The molecule has 0 bridgehead atoms. The average molecular weight is 312 g/mol. The van der Waals surface area contributed by atoms with E-state index in [2.05, 4.69) is 24.1 Å². The predicted octanol–water partition coefficient (Wildman–Crippen LogP) is 2.04. The monoisotopic (exact) mass is 312 g/mol. The Bertz CT molecular complexity index is 493. The van der Waals surface area contributed by atoms with E-state index in [1.54, 1.807) is 4.90 Å². The number of rotatable bonds is 4. The van der Waals surface area contributed by atoms with Gasteiger partial charge in [-0.1, -0.05) is 25.2 Å². The van der Waals surface area contributed by atoms with Crippen LogP contribution in [0.4, 0.5) is 10.9 Å². The minimum Gasteiger partial charge on any atom is -0.382 e. The number of nitrogens with one attached hydrogen (secondary N) is 1. The Morgan fingerprint density at radius 3 is 2.67 bits per heavy atom. The Balaban J connectivity index is 2.08. The third kappa shape index (κ3) is 4.07. The van der Waals surface area contributed by atoms with Crippen LogP contribution in [0.1, 0.15) is 37.4 Å². The van der Waals surface area contributed by atoms with Crippen molar-refractivity contribution in [1.29, 1.82) is 0 Å². The summed E-state index contributed by atoms with van der Waals surface area (Å²) in [6.07, 6.45) is 0.0933. The van der Waals surface area contributed by atoms with Crippen molar-refractivity contribution in [3.8, 4) is 0 Å². The van der Waals surface area contributed by atoms with Crippen LogP contribution in [0.2, 0.25) is 0 Å². The summed E-state index contributed by atoms with van der Waals surface area (Å²) >= 11 is 1.33. The Morgan fingerprint density at radius 1 is 1.48 bits per heavy atom. The lowest BCUT2D eigenvalue weighted by Crippen LogP contribution is -2.48. The number of nitrogens with two attached hydrogens (primary N) is 1. The first kappa shape index (κ1) is 16.0. The maximum absolute atomic E-state index is 12.6. The Morgan fingerprint density at radius 2 is 2.10 bits per heavy atom. The Hall–Kier alpha value is -1.34. The molecule has 0 unspecified atom stereocenters. The Kier molecular flexibility index (Phi) is 5.05. The van der Waals surface area contributed by atoms with Crippen molar-refractivity contribution in [2.24, 2.45) is 5.92 Å². The van der Waals surface area contributed by atoms with E-state index < -0.39 is 0 Å². The standard InChI is InChI=1S/C14H24N4O2S/c1-8(2)5-16-14-17-12(15)11(21-14)13(19)18-6-9(3)20-10(4)7-18/h8-10H,5-7,15H2,1-4H3,(H,16,17)/t9-,10+. The van der Waals surface area contributed by atoms with E-state index in [9.17, 15) is 4.79 Å². The van der Waals surface area contributed by atoms with Crippen molar-refractivity contribution in [2.45, 2.75) is 39.9 Å². The molecule has 0 saturated carbocycles. The van der Waals surface area contributed by atoms with Gasteiger partial charge in [0.2, 0.25) is 0 Å². The lowest BCUT2D eigenvalue weighted by Gasteiger charge is -2.35. The topological polar surface area (TPSA) is 80.5 Å². The number of hydrogen-bond donors (Lipinski definition) is 2. The second-order valence-electron chi connectivity index (χ2n) is 5.98. The molecule has 1 aliphatic rings. The van der Waals surface area contributed by atoms with Crippen LogP contribution in [0.5, 0.6) is 0 Å². The second-order valence-corrected chi connectivity index (χ2v) is 6.97. The number of amides is 1. The quantitative estimate of drug-likeness (QED) is 0.889. The number of aromatic nitrogens is 1. The van der Waals surface area contributed by atoms with E-state index in [1.165, 1.54) is 11.3 Å². The predicted molar refractivity (Wildman–Crippen MR) is 85.8 cm³/mol. The zero-order valence-electron chi connectivity index (χ0n) is 13.0. The lowest BCUT2D eigenvalue weighted by atomic mass is 10.2. The zero-order valence-corrected chi connectivity index (χ0v) is 13.9. The van der Waals surface area contributed by atoms with Crippen LogP contribution in [0.15, 0.2) is 0 Å². The van der Waals surface area contributed by atoms with Gasteiger partial charge in [0.25, 0.3) is 5.91 Å². The van der Waals surface area contributed by atoms with E-state index in [0.29, 0.717) is 34.8 Å². The molecule has 0 aliphatic carbocycles. The molecule has 0 spiro atoms. The van der Waals surface area contributed by atoms with Gasteiger partial charge >= 0.3 is 0 Å². The first-order valence-electron chi connectivity index (χ1n) is 7.31. The maximum atomic E-state index is 12.6. The molecule has 1 aromatic heterocycles. The molecule has 0 radical (unpaired) electrons. The van der Waals surface area contributed by atoms with E-state index in [-0.39, 0.29) is 18.1 Å². The fraction of sp³-hybridized carbons (Fsp3) is 0.714. The minimum atomic E-state index is -0.0513. The van der Waals surface area contributed by atoms with Gasteiger partial charge in [-0.2, -0.15) is 0 Å². The van der Waals surface area contributed by atoms with E-state index in [4.69, 9.17) is 10.5 Å².